The van der Waals surface area contributed by atoms with Gasteiger partial charge in [0.2, 0.25) is 0 Å². The highest BCUT2D eigenvalue weighted by Crippen LogP contribution is 2.34. The second-order valence-electron chi connectivity index (χ2n) is 4.94. The molecule has 1 aromatic heterocycles. The molecule has 0 aliphatic carbocycles. The normalized spacial score (nSPS) is 18.5. The van der Waals surface area contributed by atoms with Crippen molar-refractivity contribution in [2.75, 3.05) is 19.8 Å². The topological polar surface area (TPSA) is 70.3 Å². The highest BCUT2D eigenvalue weighted by Gasteiger charge is 2.38. The van der Waals surface area contributed by atoms with Gasteiger partial charge in [0.1, 0.15) is 5.60 Å². The first-order chi connectivity index (χ1) is 9.13. The number of nitrogens with two attached hydrogens (primary N) is 1. The van der Waals surface area contributed by atoms with Crippen LogP contribution in [0, 0.1) is 13.8 Å². The van der Waals surface area contributed by atoms with Gasteiger partial charge in [0.15, 0.2) is 5.82 Å². The van der Waals surface area contributed by atoms with E-state index in [2.05, 4.69) is 9.97 Å². The summed E-state index contributed by atoms with van der Waals surface area (Å²) in [4.78, 5) is 9.30. The van der Waals surface area contributed by atoms with Gasteiger partial charge >= 0.3 is 0 Å². The standard InChI is InChI=1S/C14H23N3O2/c1-4-19-14(5-7-18-8-6-14)13-16-10(2)12(9-15)11(3)17-13/h4-9,15H2,1-3H3. The molecule has 0 unspecified atom stereocenters. The molecule has 0 spiro atoms. The van der Waals surface area contributed by atoms with Crippen molar-refractivity contribution in [2.24, 2.45) is 5.73 Å². The number of hydrogen-bond acceptors (Lipinski definition) is 5. The van der Waals surface area contributed by atoms with E-state index in [0.29, 0.717) is 26.4 Å². The Morgan fingerprint density at radius 2 is 1.79 bits per heavy atom. The molecule has 5 heteroatoms. The number of aryl methyl sites for hydroxylation is 2. The third-order valence-corrected chi connectivity index (χ3v) is 3.75. The van der Waals surface area contributed by atoms with E-state index in [1.54, 1.807) is 0 Å². The van der Waals surface area contributed by atoms with Gasteiger partial charge in [0.25, 0.3) is 0 Å². The Hall–Kier alpha value is -1.04. The van der Waals surface area contributed by atoms with Crippen LogP contribution in [0.4, 0.5) is 0 Å². The lowest BCUT2D eigenvalue weighted by Crippen LogP contribution is -2.39. The van der Waals surface area contributed by atoms with E-state index < -0.39 is 5.60 Å². The summed E-state index contributed by atoms with van der Waals surface area (Å²) >= 11 is 0. The highest BCUT2D eigenvalue weighted by atomic mass is 16.5. The maximum atomic E-state index is 6.00. The minimum Gasteiger partial charge on any atom is -0.381 e. The van der Waals surface area contributed by atoms with E-state index >= 15 is 0 Å². The van der Waals surface area contributed by atoms with Crippen molar-refractivity contribution in [3.63, 3.8) is 0 Å². The molecule has 1 saturated heterocycles. The van der Waals surface area contributed by atoms with Crippen LogP contribution in [0.5, 0.6) is 0 Å². The van der Waals surface area contributed by atoms with Gasteiger partial charge in [-0.05, 0) is 20.8 Å². The van der Waals surface area contributed by atoms with E-state index in [0.717, 1.165) is 35.6 Å². The van der Waals surface area contributed by atoms with Crippen molar-refractivity contribution in [3.8, 4) is 0 Å². The maximum Gasteiger partial charge on any atom is 0.160 e. The van der Waals surface area contributed by atoms with Gasteiger partial charge in [-0.3, -0.25) is 0 Å². The monoisotopic (exact) mass is 265 g/mol. The van der Waals surface area contributed by atoms with Gasteiger partial charge in [-0.1, -0.05) is 0 Å². The maximum absolute atomic E-state index is 6.00. The molecular formula is C14H23N3O2. The Labute approximate surface area is 114 Å². The predicted octanol–water partition coefficient (Wildman–Crippen LogP) is 1.59. The SMILES string of the molecule is CCOC1(c2nc(C)c(CN)c(C)n2)CCOCC1. The Morgan fingerprint density at radius 1 is 1.21 bits per heavy atom. The molecule has 2 rings (SSSR count). The summed E-state index contributed by atoms with van der Waals surface area (Å²) in [5, 5.41) is 0. The highest BCUT2D eigenvalue weighted by molar-refractivity contribution is 5.25. The Bertz CT molecular complexity index is 414. The van der Waals surface area contributed by atoms with Crippen LogP contribution in [0.25, 0.3) is 0 Å². The van der Waals surface area contributed by atoms with E-state index in [1.807, 2.05) is 20.8 Å². The Kier molecular flexibility index (Phi) is 4.50. The summed E-state index contributed by atoms with van der Waals surface area (Å²) in [6.07, 6.45) is 1.61. The smallest absolute Gasteiger partial charge is 0.160 e. The zero-order chi connectivity index (χ0) is 13.9. The molecular weight excluding hydrogens is 242 g/mol. The molecule has 0 saturated carbocycles. The molecule has 1 fully saturated rings. The molecule has 0 radical (unpaired) electrons. The predicted molar refractivity (Wildman–Crippen MR) is 72.8 cm³/mol. The fourth-order valence-electron chi connectivity index (χ4n) is 2.65. The Morgan fingerprint density at radius 3 is 2.26 bits per heavy atom. The molecule has 0 amide bonds. The van der Waals surface area contributed by atoms with Crippen LogP contribution in [-0.4, -0.2) is 29.8 Å². The first-order valence-corrected chi connectivity index (χ1v) is 6.89. The summed E-state index contributed by atoms with van der Waals surface area (Å²) < 4.78 is 11.4. The summed E-state index contributed by atoms with van der Waals surface area (Å²) in [6.45, 7) is 8.49. The van der Waals surface area contributed by atoms with Crippen LogP contribution < -0.4 is 5.73 Å². The van der Waals surface area contributed by atoms with Crippen LogP contribution in [0.1, 0.15) is 42.5 Å². The average molecular weight is 265 g/mol. The van der Waals surface area contributed by atoms with Gasteiger partial charge < -0.3 is 15.2 Å². The molecule has 2 N–H and O–H groups in total. The summed E-state index contributed by atoms with van der Waals surface area (Å²) in [5.74, 6) is 0.782. The number of hydrogen-bond donors (Lipinski definition) is 1. The first kappa shape index (κ1) is 14.4. The number of rotatable bonds is 4. The first-order valence-electron chi connectivity index (χ1n) is 6.89. The quantitative estimate of drug-likeness (QED) is 0.895. The van der Waals surface area contributed by atoms with Gasteiger partial charge in [-0.25, -0.2) is 9.97 Å². The fraction of sp³-hybridized carbons (Fsp3) is 0.714. The molecule has 0 bridgehead atoms. The van der Waals surface area contributed by atoms with Gasteiger partial charge in [-0.2, -0.15) is 0 Å². The van der Waals surface area contributed by atoms with Crippen molar-refractivity contribution in [3.05, 3.63) is 22.8 Å². The minimum absolute atomic E-state index is 0.393. The summed E-state index contributed by atoms with van der Waals surface area (Å²) in [6, 6.07) is 0. The second kappa shape index (κ2) is 5.94. The van der Waals surface area contributed by atoms with Gasteiger partial charge in [0, 0.05) is 56.2 Å². The van der Waals surface area contributed by atoms with E-state index in [9.17, 15) is 0 Å². The van der Waals surface area contributed by atoms with Crippen molar-refractivity contribution in [1.82, 2.24) is 9.97 Å². The van der Waals surface area contributed by atoms with Crippen LogP contribution in [-0.2, 0) is 21.6 Å². The number of ether oxygens (including phenoxy) is 2. The van der Waals surface area contributed by atoms with Crippen LogP contribution in [0.3, 0.4) is 0 Å². The number of nitrogens with zero attached hydrogens (tertiary/aromatic N) is 2. The molecule has 0 aromatic carbocycles. The van der Waals surface area contributed by atoms with E-state index in [4.69, 9.17) is 15.2 Å². The largest absolute Gasteiger partial charge is 0.381 e. The van der Waals surface area contributed by atoms with Gasteiger partial charge in [0.05, 0.1) is 0 Å². The lowest BCUT2D eigenvalue weighted by atomic mass is 9.92. The van der Waals surface area contributed by atoms with Crippen LogP contribution in [0.2, 0.25) is 0 Å². The number of aromatic nitrogens is 2. The lowest BCUT2D eigenvalue weighted by Gasteiger charge is -2.35. The van der Waals surface area contributed by atoms with Crippen molar-refractivity contribution in [1.29, 1.82) is 0 Å². The minimum atomic E-state index is -0.393. The fourth-order valence-corrected chi connectivity index (χ4v) is 2.65. The van der Waals surface area contributed by atoms with Crippen molar-refractivity contribution >= 4 is 0 Å². The Balaban J connectivity index is 2.42. The van der Waals surface area contributed by atoms with E-state index in [-0.39, 0.29) is 0 Å². The molecule has 0 atom stereocenters. The van der Waals surface area contributed by atoms with Crippen LogP contribution >= 0.6 is 0 Å². The molecule has 2 heterocycles. The molecule has 1 aromatic rings. The average Bonchev–Trinajstić information content (AvgIpc) is 2.40. The molecule has 106 valence electrons. The summed E-state index contributed by atoms with van der Waals surface area (Å²) in [7, 11) is 0. The molecule has 5 nitrogen and oxygen atoms in total. The zero-order valence-corrected chi connectivity index (χ0v) is 12.0. The molecule has 19 heavy (non-hydrogen) atoms. The van der Waals surface area contributed by atoms with Crippen molar-refractivity contribution < 1.29 is 9.47 Å². The van der Waals surface area contributed by atoms with Gasteiger partial charge in [-0.15, -0.1) is 0 Å². The lowest BCUT2D eigenvalue weighted by molar-refractivity contribution is -0.118. The van der Waals surface area contributed by atoms with Crippen LogP contribution in [0.15, 0.2) is 0 Å². The van der Waals surface area contributed by atoms with Crippen molar-refractivity contribution in [2.45, 2.75) is 45.8 Å². The second-order valence-corrected chi connectivity index (χ2v) is 4.94. The third-order valence-electron chi connectivity index (χ3n) is 3.75. The molecule has 1 aliphatic rings. The zero-order valence-electron chi connectivity index (χ0n) is 12.0. The van der Waals surface area contributed by atoms with E-state index in [1.165, 1.54) is 0 Å². The third kappa shape index (κ3) is 2.78. The summed E-state index contributed by atoms with van der Waals surface area (Å²) in [5.41, 5.74) is 8.29. The molecule has 1 aliphatic heterocycles.